The lowest BCUT2D eigenvalue weighted by Gasteiger charge is -2.19. The van der Waals surface area contributed by atoms with Crippen molar-refractivity contribution in [3.8, 4) is 11.5 Å². The highest BCUT2D eigenvalue weighted by atomic mass is 32.2. The molecule has 2 rings (SSSR count). The van der Waals surface area contributed by atoms with Crippen LogP contribution >= 0.6 is 11.8 Å². The quantitative estimate of drug-likeness (QED) is 0.598. The van der Waals surface area contributed by atoms with E-state index >= 15 is 0 Å². The van der Waals surface area contributed by atoms with Gasteiger partial charge >= 0.3 is 6.09 Å². The number of amides is 1. The van der Waals surface area contributed by atoms with E-state index in [9.17, 15) is 9.90 Å². The van der Waals surface area contributed by atoms with Crippen molar-refractivity contribution in [3.05, 3.63) is 48.0 Å². The van der Waals surface area contributed by atoms with Gasteiger partial charge in [0, 0.05) is 17.2 Å². The van der Waals surface area contributed by atoms with Crippen molar-refractivity contribution < 1.29 is 24.5 Å². The van der Waals surface area contributed by atoms with Gasteiger partial charge < -0.3 is 19.7 Å². The Hall–Kier alpha value is -2.38. The van der Waals surface area contributed by atoms with Gasteiger partial charge in [0.15, 0.2) is 11.5 Å². The number of hydrogen-bond acceptors (Lipinski definition) is 6. The molecule has 140 valence electrons. The number of thioether (sulfide) groups is 1. The highest BCUT2D eigenvalue weighted by molar-refractivity contribution is 7.98. The van der Waals surface area contributed by atoms with Crippen molar-refractivity contribution in [1.82, 2.24) is 0 Å². The first-order valence-corrected chi connectivity index (χ1v) is 9.39. The second kappa shape index (κ2) is 9.94. The van der Waals surface area contributed by atoms with Gasteiger partial charge in [0.05, 0.1) is 7.11 Å². The molecular weight excluding hydrogens is 354 g/mol. The van der Waals surface area contributed by atoms with E-state index in [1.807, 2.05) is 18.4 Å². The number of aromatic hydroxyl groups is 1. The van der Waals surface area contributed by atoms with Gasteiger partial charge in [0.25, 0.3) is 0 Å². The topological polar surface area (TPSA) is 88.0 Å². The number of nitrogens with one attached hydrogen (secondary N) is 1. The molecule has 6 nitrogen and oxygen atoms in total. The van der Waals surface area contributed by atoms with Crippen LogP contribution in [0.3, 0.4) is 0 Å². The Bertz CT molecular complexity index is 720. The first-order chi connectivity index (χ1) is 12.6. The number of ether oxygens (including phenoxy) is 2. The zero-order valence-electron chi connectivity index (χ0n) is 14.8. The third-order valence-corrected chi connectivity index (χ3v) is 4.53. The van der Waals surface area contributed by atoms with E-state index in [0.29, 0.717) is 29.8 Å². The number of hydrogen-bond donors (Lipinski definition) is 3. The van der Waals surface area contributed by atoms with Crippen LogP contribution in [0, 0.1) is 0 Å². The molecule has 1 atom stereocenters. The number of phenols is 1. The van der Waals surface area contributed by atoms with Crippen LogP contribution in [-0.4, -0.2) is 36.3 Å². The number of methoxy groups -OCH3 is 1. The Labute approximate surface area is 157 Å². The molecule has 0 aliphatic carbocycles. The molecule has 0 saturated heterocycles. The summed E-state index contributed by atoms with van der Waals surface area (Å²) in [5, 5.41) is 21.7. The van der Waals surface area contributed by atoms with Gasteiger partial charge in [-0.3, -0.25) is 5.32 Å². The fraction of sp³-hybridized carbons (Fsp3) is 0.316. The van der Waals surface area contributed by atoms with Gasteiger partial charge in [-0.05, 0) is 61.1 Å². The number of anilines is 1. The molecule has 1 amide bonds. The lowest BCUT2D eigenvalue weighted by molar-refractivity contribution is 0.0993. The van der Waals surface area contributed by atoms with E-state index in [-0.39, 0.29) is 12.4 Å². The molecule has 26 heavy (non-hydrogen) atoms. The van der Waals surface area contributed by atoms with Gasteiger partial charge in [0.1, 0.15) is 6.10 Å². The summed E-state index contributed by atoms with van der Waals surface area (Å²) < 4.78 is 10.5. The third kappa shape index (κ3) is 5.57. The molecule has 0 radical (unpaired) electrons. The van der Waals surface area contributed by atoms with E-state index in [1.165, 1.54) is 13.2 Å². The van der Waals surface area contributed by atoms with Crippen LogP contribution in [0.4, 0.5) is 10.5 Å². The van der Waals surface area contributed by atoms with Crippen molar-refractivity contribution in [3.63, 3.8) is 0 Å². The number of carbonyl (C=O) groups is 1. The predicted octanol–water partition coefficient (Wildman–Crippen LogP) is 4.19. The Morgan fingerprint density at radius 2 is 1.96 bits per heavy atom. The molecule has 2 aromatic carbocycles. The van der Waals surface area contributed by atoms with Crippen LogP contribution in [-0.2, 0) is 4.74 Å². The Morgan fingerprint density at radius 1 is 1.23 bits per heavy atom. The minimum atomic E-state index is -0.597. The highest BCUT2D eigenvalue weighted by Crippen LogP contribution is 2.32. The summed E-state index contributed by atoms with van der Waals surface area (Å²) in [6, 6.07) is 12.3. The number of aliphatic hydroxyl groups excluding tert-OH is 1. The number of carbonyl (C=O) groups excluding carboxylic acids is 1. The van der Waals surface area contributed by atoms with Crippen LogP contribution in [0.25, 0.3) is 0 Å². The van der Waals surface area contributed by atoms with Crippen LogP contribution in [0.2, 0.25) is 0 Å². The summed E-state index contributed by atoms with van der Waals surface area (Å²) in [5.74, 6) is 0.309. The molecule has 0 spiro atoms. The molecule has 0 aliphatic heterocycles. The number of aliphatic hydroxyl groups is 1. The predicted molar refractivity (Wildman–Crippen MR) is 102 cm³/mol. The minimum Gasteiger partial charge on any atom is -0.504 e. The molecule has 0 bridgehead atoms. The van der Waals surface area contributed by atoms with Crippen LogP contribution < -0.4 is 10.1 Å². The highest BCUT2D eigenvalue weighted by Gasteiger charge is 2.18. The molecule has 7 heteroatoms. The van der Waals surface area contributed by atoms with Crippen molar-refractivity contribution in [1.29, 1.82) is 0 Å². The zero-order valence-corrected chi connectivity index (χ0v) is 15.6. The van der Waals surface area contributed by atoms with E-state index in [0.717, 1.165) is 4.90 Å². The van der Waals surface area contributed by atoms with Crippen LogP contribution in [0.5, 0.6) is 11.5 Å². The average molecular weight is 377 g/mol. The summed E-state index contributed by atoms with van der Waals surface area (Å²) in [4.78, 5) is 13.3. The summed E-state index contributed by atoms with van der Waals surface area (Å²) in [7, 11) is 1.46. The fourth-order valence-corrected chi connectivity index (χ4v) is 2.84. The molecule has 0 fully saturated rings. The SMILES string of the molecule is COc1ccc([C@H](CCCO)OC(=O)Nc2ccc(SC)cc2)cc1O. The number of rotatable bonds is 8. The molecule has 0 saturated carbocycles. The van der Waals surface area contributed by atoms with E-state index in [1.54, 1.807) is 36.0 Å². The van der Waals surface area contributed by atoms with E-state index in [4.69, 9.17) is 14.6 Å². The van der Waals surface area contributed by atoms with Crippen LogP contribution in [0.1, 0.15) is 24.5 Å². The minimum absolute atomic E-state index is 0.0141. The summed E-state index contributed by atoms with van der Waals surface area (Å²) in [6.45, 7) is -0.0141. The maximum Gasteiger partial charge on any atom is 0.412 e. The largest absolute Gasteiger partial charge is 0.504 e. The molecule has 0 aliphatic rings. The molecule has 0 heterocycles. The summed E-state index contributed by atoms with van der Waals surface area (Å²) >= 11 is 1.62. The number of phenolic OH excluding ortho intramolecular Hbond substituents is 1. The molecular formula is C19H23NO5S. The van der Waals surface area contributed by atoms with Crippen molar-refractivity contribution in [2.24, 2.45) is 0 Å². The van der Waals surface area contributed by atoms with Crippen molar-refractivity contribution in [2.45, 2.75) is 23.8 Å². The van der Waals surface area contributed by atoms with E-state index in [2.05, 4.69) is 5.32 Å². The third-order valence-electron chi connectivity index (χ3n) is 3.78. The van der Waals surface area contributed by atoms with Crippen LogP contribution in [0.15, 0.2) is 47.4 Å². The lowest BCUT2D eigenvalue weighted by atomic mass is 10.0. The molecule has 0 unspecified atom stereocenters. The average Bonchev–Trinajstić information content (AvgIpc) is 2.65. The molecule has 3 N–H and O–H groups in total. The smallest absolute Gasteiger partial charge is 0.412 e. The van der Waals surface area contributed by atoms with Gasteiger partial charge in [-0.15, -0.1) is 11.8 Å². The second-order valence-electron chi connectivity index (χ2n) is 5.54. The van der Waals surface area contributed by atoms with Gasteiger partial charge in [-0.2, -0.15) is 0 Å². The normalized spacial score (nSPS) is 11.7. The molecule has 2 aromatic rings. The first kappa shape index (κ1) is 19.9. The summed E-state index contributed by atoms with van der Waals surface area (Å²) in [6.07, 6.45) is 1.69. The monoisotopic (exact) mass is 377 g/mol. The zero-order chi connectivity index (χ0) is 18.9. The lowest BCUT2D eigenvalue weighted by Crippen LogP contribution is -2.18. The first-order valence-electron chi connectivity index (χ1n) is 8.16. The Kier molecular flexibility index (Phi) is 7.62. The maximum absolute atomic E-state index is 12.2. The second-order valence-corrected chi connectivity index (χ2v) is 6.42. The van der Waals surface area contributed by atoms with Gasteiger partial charge in [0.2, 0.25) is 0 Å². The van der Waals surface area contributed by atoms with Gasteiger partial charge in [-0.25, -0.2) is 4.79 Å². The van der Waals surface area contributed by atoms with Crippen molar-refractivity contribution >= 4 is 23.5 Å². The maximum atomic E-state index is 12.2. The number of benzene rings is 2. The fourth-order valence-electron chi connectivity index (χ4n) is 2.43. The standard InChI is InChI=1S/C19H23NO5S/c1-24-18-10-5-13(12-16(18)22)17(4-3-11-21)25-19(23)20-14-6-8-15(26-2)9-7-14/h5-10,12,17,21-22H,3-4,11H2,1-2H3,(H,20,23)/t17-/m0/s1. The van der Waals surface area contributed by atoms with Gasteiger partial charge in [-0.1, -0.05) is 6.07 Å². The molecule has 0 aromatic heterocycles. The van der Waals surface area contributed by atoms with Crippen molar-refractivity contribution in [2.75, 3.05) is 25.3 Å². The van der Waals surface area contributed by atoms with E-state index < -0.39 is 12.2 Å². The Balaban J connectivity index is 2.08. The Morgan fingerprint density at radius 3 is 2.54 bits per heavy atom. The summed E-state index contributed by atoms with van der Waals surface area (Å²) in [5.41, 5.74) is 1.26.